The summed E-state index contributed by atoms with van der Waals surface area (Å²) in [5, 5.41) is 26.5. The van der Waals surface area contributed by atoms with Crippen molar-refractivity contribution in [3.05, 3.63) is 150 Å². The Morgan fingerprint density at radius 1 is 0.881 bits per heavy atom. The summed E-state index contributed by atoms with van der Waals surface area (Å²) in [4.78, 5) is 53.2. The highest BCUT2D eigenvalue weighted by Crippen LogP contribution is 2.29. The zero-order valence-corrected chi connectivity index (χ0v) is 22.2. The predicted molar refractivity (Wildman–Crippen MR) is 158 cm³/mol. The van der Waals surface area contributed by atoms with Crippen LogP contribution < -0.4 is 16.3 Å². The molecule has 12 nitrogen and oxygen atoms in total. The van der Waals surface area contributed by atoms with E-state index >= 15 is 0 Å². The van der Waals surface area contributed by atoms with Crippen molar-refractivity contribution < 1.29 is 14.6 Å². The average Bonchev–Trinajstić information content (AvgIpc) is 2.99. The van der Waals surface area contributed by atoms with E-state index in [1.54, 1.807) is 78.9 Å². The van der Waals surface area contributed by atoms with Crippen LogP contribution in [0.3, 0.4) is 0 Å². The lowest BCUT2D eigenvalue weighted by atomic mass is 10.1. The Morgan fingerprint density at radius 2 is 1.57 bits per heavy atom. The largest absolute Gasteiger partial charge is 0.319 e. The number of halogens is 1. The van der Waals surface area contributed by atoms with Gasteiger partial charge in [0.25, 0.3) is 17.2 Å². The van der Waals surface area contributed by atoms with Gasteiger partial charge in [0.15, 0.2) is 5.82 Å². The molecule has 0 unspecified atom stereocenters. The van der Waals surface area contributed by atoms with Crippen molar-refractivity contribution in [1.82, 2.24) is 15.0 Å². The number of benzene rings is 4. The van der Waals surface area contributed by atoms with Gasteiger partial charge < -0.3 is 5.32 Å². The number of nitro benzene ring substituents is 2. The second kappa shape index (κ2) is 11.7. The molecule has 0 aliphatic rings. The van der Waals surface area contributed by atoms with E-state index in [2.05, 4.69) is 15.7 Å². The molecule has 0 saturated heterocycles. The second-order valence-electron chi connectivity index (χ2n) is 8.85. The third-order valence-electron chi connectivity index (χ3n) is 6.10. The van der Waals surface area contributed by atoms with Crippen LogP contribution in [-0.2, 0) is 0 Å². The molecule has 1 aromatic heterocycles. The van der Waals surface area contributed by atoms with Gasteiger partial charge in [-0.25, -0.2) is 4.98 Å². The molecule has 0 radical (unpaired) electrons. The first-order chi connectivity index (χ1) is 20.2. The molecule has 0 fully saturated rings. The van der Waals surface area contributed by atoms with E-state index in [1.165, 1.54) is 6.07 Å². The number of amides is 1. The maximum Gasteiger partial charge on any atom is 0.300 e. The highest BCUT2D eigenvalue weighted by molar-refractivity contribution is 6.30. The topological polar surface area (TPSA) is 162 Å². The number of nitro groups is 2. The van der Waals surface area contributed by atoms with E-state index in [9.17, 15) is 29.8 Å². The van der Waals surface area contributed by atoms with Crippen LogP contribution >= 0.6 is 11.6 Å². The van der Waals surface area contributed by atoms with Gasteiger partial charge in [-0.1, -0.05) is 54.1 Å². The van der Waals surface area contributed by atoms with E-state index in [0.29, 0.717) is 21.7 Å². The van der Waals surface area contributed by atoms with Gasteiger partial charge in [-0.05, 0) is 54.1 Å². The summed E-state index contributed by atoms with van der Waals surface area (Å²) in [5.41, 5.74) is 1.99. The number of carbonyl (C=O) groups excluding carboxylic acids is 1. The van der Waals surface area contributed by atoms with Crippen molar-refractivity contribution in [2.75, 3.05) is 5.43 Å². The summed E-state index contributed by atoms with van der Waals surface area (Å²) in [5.74, 6) is -0.600. The molecule has 2 N–H and O–H groups in total. The van der Waals surface area contributed by atoms with Gasteiger partial charge in [-0.15, -0.1) is 0 Å². The molecule has 0 aliphatic heterocycles. The van der Waals surface area contributed by atoms with Crippen molar-refractivity contribution in [2.24, 2.45) is 0 Å². The molecule has 42 heavy (non-hydrogen) atoms. The Labute approximate surface area is 241 Å². The first-order valence-corrected chi connectivity index (χ1v) is 12.6. The molecule has 208 valence electrons. The van der Waals surface area contributed by atoms with Gasteiger partial charge in [-0.3, -0.25) is 35.2 Å². The summed E-state index contributed by atoms with van der Waals surface area (Å²) in [6.07, 6.45) is 1.57. The van der Waals surface area contributed by atoms with Gasteiger partial charge in [0.05, 0.1) is 32.5 Å². The van der Waals surface area contributed by atoms with Gasteiger partial charge in [-0.2, -0.15) is 4.68 Å². The number of hydrogen-bond acceptors (Lipinski definition) is 8. The lowest BCUT2D eigenvalue weighted by molar-refractivity contribution is -0.393. The molecule has 0 aliphatic carbocycles. The Balaban J connectivity index is 1.73. The summed E-state index contributed by atoms with van der Waals surface area (Å²) >= 11 is 6.05. The fraction of sp³-hybridized carbons (Fsp3) is 0. The Morgan fingerprint density at radius 3 is 2.26 bits per heavy atom. The number of nitrogens with one attached hydrogen (secondary N) is 2. The molecule has 0 saturated carbocycles. The van der Waals surface area contributed by atoms with Crippen LogP contribution in [0.4, 0.5) is 17.1 Å². The minimum atomic E-state index is -0.809. The van der Waals surface area contributed by atoms with Crippen molar-refractivity contribution in [2.45, 2.75) is 0 Å². The maximum absolute atomic E-state index is 13.8. The molecule has 0 spiro atoms. The molecule has 5 rings (SSSR count). The molecular formula is C29H19ClN6O6. The van der Waals surface area contributed by atoms with E-state index < -0.39 is 32.7 Å². The number of non-ortho nitro benzene ring substituents is 1. The first-order valence-electron chi connectivity index (χ1n) is 12.3. The van der Waals surface area contributed by atoms with Crippen molar-refractivity contribution in [1.29, 1.82) is 0 Å². The fourth-order valence-corrected chi connectivity index (χ4v) is 4.21. The number of para-hydroxylation sites is 1. The number of carbonyl (C=O) groups is 1. The number of rotatable bonds is 8. The first kappa shape index (κ1) is 27.7. The number of hydrogen-bond donors (Lipinski definition) is 2. The summed E-state index contributed by atoms with van der Waals surface area (Å²) in [7, 11) is 0. The van der Waals surface area contributed by atoms with Gasteiger partial charge in [0.2, 0.25) is 0 Å². The van der Waals surface area contributed by atoms with E-state index in [1.807, 2.05) is 0 Å². The zero-order valence-electron chi connectivity index (χ0n) is 21.4. The Kier molecular flexibility index (Phi) is 7.71. The van der Waals surface area contributed by atoms with Crippen LogP contribution in [0.5, 0.6) is 0 Å². The van der Waals surface area contributed by atoms with Crippen molar-refractivity contribution >= 4 is 57.2 Å². The molecule has 4 aromatic carbocycles. The number of aromatic nitrogens is 2. The smallest absolute Gasteiger partial charge is 0.300 e. The number of anilines is 1. The lowest BCUT2D eigenvalue weighted by Gasteiger charge is -2.18. The fourth-order valence-electron chi connectivity index (χ4n) is 4.08. The van der Waals surface area contributed by atoms with Crippen LogP contribution in [0.15, 0.2) is 102 Å². The highest BCUT2D eigenvalue weighted by Gasteiger charge is 2.23. The zero-order chi connectivity index (χ0) is 29.8. The lowest BCUT2D eigenvalue weighted by Crippen LogP contribution is -2.34. The number of nitrogens with zero attached hydrogens (tertiary/aromatic N) is 4. The third-order valence-corrected chi connectivity index (χ3v) is 6.35. The molecule has 0 atom stereocenters. The van der Waals surface area contributed by atoms with Gasteiger partial charge in [0, 0.05) is 16.7 Å². The van der Waals surface area contributed by atoms with Gasteiger partial charge in [0.1, 0.15) is 5.69 Å². The summed E-state index contributed by atoms with van der Waals surface area (Å²) < 4.78 is 0.948. The van der Waals surface area contributed by atoms with E-state index in [0.717, 1.165) is 22.9 Å². The monoisotopic (exact) mass is 582 g/mol. The molecule has 13 heteroatoms. The molecule has 1 heterocycles. The number of fused-ring (bicyclic) bond motifs is 1. The minimum Gasteiger partial charge on any atom is -0.319 e. The predicted octanol–water partition coefficient (Wildman–Crippen LogP) is 5.67. The molecular weight excluding hydrogens is 564 g/mol. The van der Waals surface area contributed by atoms with Crippen molar-refractivity contribution in [3.63, 3.8) is 0 Å². The summed E-state index contributed by atoms with van der Waals surface area (Å²) in [6.45, 7) is 0. The molecule has 5 aromatic rings. The summed E-state index contributed by atoms with van der Waals surface area (Å²) in [6, 6.07) is 24.4. The minimum absolute atomic E-state index is 0.0751. The Hall–Kier alpha value is -5.88. The van der Waals surface area contributed by atoms with Crippen LogP contribution in [-0.4, -0.2) is 25.4 Å². The average molecular weight is 583 g/mol. The normalized spacial score (nSPS) is 11.2. The van der Waals surface area contributed by atoms with E-state index in [-0.39, 0.29) is 22.6 Å². The van der Waals surface area contributed by atoms with Crippen LogP contribution in [0.25, 0.3) is 22.7 Å². The van der Waals surface area contributed by atoms with Gasteiger partial charge >= 0.3 is 5.69 Å². The quantitative estimate of drug-likeness (QED) is 0.175. The maximum atomic E-state index is 13.8. The molecule has 0 bridgehead atoms. The highest BCUT2D eigenvalue weighted by atomic mass is 35.5. The SMILES string of the molecule is O=C(N/C(=C/c1ccc(Cl)cc1)c1nc2ccccc2c(=O)n1Nc1ccc([N+](=O)[O-])cc1[N+](=O)[O-])c1ccccc1. The third kappa shape index (κ3) is 5.83. The van der Waals surface area contributed by atoms with Crippen LogP contribution in [0, 0.1) is 20.2 Å². The van der Waals surface area contributed by atoms with Crippen LogP contribution in [0.2, 0.25) is 5.02 Å². The Bertz CT molecular complexity index is 1940. The van der Waals surface area contributed by atoms with E-state index in [4.69, 9.17) is 11.6 Å². The van der Waals surface area contributed by atoms with Crippen molar-refractivity contribution in [3.8, 4) is 0 Å². The van der Waals surface area contributed by atoms with Crippen LogP contribution in [0.1, 0.15) is 21.7 Å². The standard InChI is InChI=1S/C29H19ClN6O6/c30-20-12-10-18(11-13-20)16-25(32-28(37)19-6-2-1-3-7-19)27-31-23-9-5-4-8-22(23)29(38)34(27)33-24-15-14-21(35(39)40)17-26(24)36(41)42/h1-17,33H,(H,32,37)/b25-16+. The molecule has 1 amide bonds. The second-order valence-corrected chi connectivity index (χ2v) is 9.29.